The third-order valence-corrected chi connectivity index (χ3v) is 4.47. The Labute approximate surface area is 159 Å². The van der Waals surface area contributed by atoms with E-state index in [9.17, 15) is 9.59 Å². The zero-order chi connectivity index (χ0) is 19.6. The third-order valence-electron chi connectivity index (χ3n) is 4.47. The molecule has 140 valence electrons. The highest BCUT2D eigenvalue weighted by molar-refractivity contribution is 6.24. The van der Waals surface area contributed by atoms with Crippen LogP contribution >= 0.6 is 0 Å². The molecule has 0 spiro atoms. The number of ether oxygens (including phenoxy) is 2. The molecule has 0 bridgehead atoms. The average molecular weight is 365 g/mol. The Kier molecular flexibility index (Phi) is 5.31. The van der Waals surface area contributed by atoms with Crippen LogP contribution < -0.4 is 14.4 Å². The summed E-state index contributed by atoms with van der Waals surface area (Å²) in [5.41, 5.74) is 1.71. The summed E-state index contributed by atoms with van der Waals surface area (Å²) < 4.78 is 11.2. The lowest BCUT2D eigenvalue weighted by molar-refractivity contribution is -0.127. The van der Waals surface area contributed by atoms with Crippen molar-refractivity contribution in [1.82, 2.24) is 0 Å². The molecule has 27 heavy (non-hydrogen) atoms. The quantitative estimate of drug-likeness (QED) is 0.757. The molecule has 2 amide bonds. The fourth-order valence-corrected chi connectivity index (χ4v) is 3.07. The van der Waals surface area contributed by atoms with Crippen LogP contribution in [-0.2, 0) is 4.79 Å². The average Bonchev–Trinajstić information content (AvgIpc) is 2.67. The van der Waals surface area contributed by atoms with E-state index < -0.39 is 6.10 Å². The van der Waals surface area contributed by atoms with Crippen LogP contribution in [0.3, 0.4) is 0 Å². The van der Waals surface area contributed by atoms with Crippen molar-refractivity contribution in [2.45, 2.75) is 26.9 Å². The highest BCUT2D eigenvalue weighted by Gasteiger charge is 2.40. The largest absolute Gasteiger partial charge is 0.497 e. The maximum Gasteiger partial charge on any atom is 0.275 e. The lowest BCUT2D eigenvalue weighted by atomic mass is 10.0. The Balaban J connectivity index is 2.11. The number of carbonyl (C=O) groups excluding carboxylic acids is 2. The molecule has 2 aromatic carbocycles. The smallest absolute Gasteiger partial charge is 0.275 e. The van der Waals surface area contributed by atoms with Gasteiger partial charge in [0.1, 0.15) is 5.75 Å². The van der Waals surface area contributed by atoms with E-state index in [1.165, 1.54) is 4.90 Å². The number of nitrogens with zero attached hydrogens (tertiary/aromatic N) is 1. The molecule has 0 N–H and O–H groups in total. The molecule has 1 aliphatic heterocycles. The van der Waals surface area contributed by atoms with Crippen LogP contribution in [0.15, 0.2) is 48.5 Å². The molecule has 5 nitrogen and oxygen atoms in total. The Morgan fingerprint density at radius 2 is 1.89 bits per heavy atom. The predicted molar refractivity (Wildman–Crippen MR) is 105 cm³/mol. The minimum Gasteiger partial charge on any atom is -0.497 e. The van der Waals surface area contributed by atoms with Gasteiger partial charge in [-0.3, -0.25) is 9.59 Å². The van der Waals surface area contributed by atoms with E-state index in [-0.39, 0.29) is 17.7 Å². The summed E-state index contributed by atoms with van der Waals surface area (Å²) in [6.07, 6.45) is 3.09. The van der Waals surface area contributed by atoms with Crippen LogP contribution in [0, 0.1) is 5.92 Å². The first kappa shape index (κ1) is 18.7. The van der Waals surface area contributed by atoms with Gasteiger partial charge in [-0.2, -0.15) is 0 Å². The summed E-state index contributed by atoms with van der Waals surface area (Å²) in [7, 11) is 1.56. The summed E-state index contributed by atoms with van der Waals surface area (Å²) in [4.78, 5) is 27.5. The number of anilines is 1. The summed E-state index contributed by atoms with van der Waals surface area (Å²) in [5, 5.41) is 0. The van der Waals surface area contributed by atoms with E-state index in [1.807, 2.05) is 45.1 Å². The topological polar surface area (TPSA) is 55.8 Å². The number of rotatable bonds is 4. The van der Waals surface area contributed by atoms with Crippen molar-refractivity contribution >= 4 is 23.6 Å². The third kappa shape index (κ3) is 3.45. The first-order valence-corrected chi connectivity index (χ1v) is 8.92. The standard InChI is InChI=1S/C22H23NO4/c1-5-7-15-8-6-9-18-20(15)27-19(14(2)3)22(25)23(18)21(24)16-10-12-17(26-4)13-11-16/h5-14,19H,1-4H3/b7-5+. The van der Waals surface area contributed by atoms with Gasteiger partial charge in [-0.15, -0.1) is 0 Å². The number of allylic oxidation sites excluding steroid dienone is 1. The molecule has 0 aromatic heterocycles. The summed E-state index contributed by atoms with van der Waals surface area (Å²) in [6.45, 7) is 5.72. The number of amides is 2. The van der Waals surface area contributed by atoms with E-state index in [2.05, 4.69) is 0 Å². The van der Waals surface area contributed by atoms with Crippen LogP contribution in [0.1, 0.15) is 36.7 Å². The number of para-hydroxylation sites is 1. The number of hydrogen-bond donors (Lipinski definition) is 0. The van der Waals surface area contributed by atoms with Crippen molar-refractivity contribution in [2.24, 2.45) is 5.92 Å². The summed E-state index contributed by atoms with van der Waals surface area (Å²) in [6, 6.07) is 12.2. The van der Waals surface area contributed by atoms with E-state index in [4.69, 9.17) is 9.47 Å². The van der Waals surface area contributed by atoms with Gasteiger partial charge in [0.05, 0.1) is 12.8 Å². The maximum atomic E-state index is 13.2. The fraction of sp³-hybridized carbons (Fsp3) is 0.273. The minimum atomic E-state index is -0.717. The molecule has 0 saturated carbocycles. The lowest BCUT2D eigenvalue weighted by Crippen LogP contribution is -2.51. The van der Waals surface area contributed by atoms with E-state index in [0.717, 1.165) is 5.56 Å². The maximum absolute atomic E-state index is 13.2. The highest BCUT2D eigenvalue weighted by Crippen LogP contribution is 2.40. The van der Waals surface area contributed by atoms with Crippen molar-refractivity contribution in [2.75, 3.05) is 12.0 Å². The number of fused-ring (bicyclic) bond motifs is 1. The van der Waals surface area contributed by atoms with Crippen molar-refractivity contribution in [1.29, 1.82) is 0 Å². The SMILES string of the molecule is C/C=C/c1cccc2c1OC(C(C)C)C(=O)N2C(=O)c1ccc(OC)cc1. The molecule has 5 heteroatoms. The molecule has 1 atom stereocenters. The molecular formula is C22H23NO4. The van der Waals surface area contributed by atoms with Gasteiger partial charge in [0.15, 0.2) is 11.9 Å². The Hall–Kier alpha value is -3.08. The molecule has 0 radical (unpaired) electrons. The summed E-state index contributed by atoms with van der Waals surface area (Å²) >= 11 is 0. The molecular weight excluding hydrogens is 342 g/mol. The fourth-order valence-electron chi connectivity index (χ4n) is 3.07. The van der Waals surface area contributed by atoms with Gasteiger partial charge in [-0.1, -0.05) is 38.1 Å². The van der Waals surface area contributed by atoms with Gasteiger partial charge in [0, 0.05) is 11.1 Å². The Morgan fingerprint density at radius 1 is 1.19 bits per heavy atom. The second-order valence-electron chi connectivity index (χ2n) is 6.69. The second-order valence-corrected chi connectivity index (χ2v) is 6.69. The normalized spacial score (nSPS) is 16.4. The Bertz CT molecular complexity index is 884. The molecule has 2 aromatic rings. The minimum absolute atomic E-state index is 0.0736. The van der Waals surface area contributed by atoms with Crippen molar-refractivity contribution < 1.29 is 19.1 Å². The molecule has 0 aliphatic carbocycles. The molecule has 1 aliphatic rings. The lowest BCUT2D eigenvalue weighted by Gasteiger charge is -2.35. The Morgan fingerprint density at radius 3 is 2.48 bits per heavy atom. The second kappa shape index (κ2) is 7.66. The first-order valence-electron chi connectivity index (χ1n) is 8.92. The van der Waals surface area contributed by atoms with Crippen molar-refractivity contribution in [3.8, 4) is 11.5 Å². The van der Waals surface area contributed by atoms with Crippen LogP contribution in [0.2, 0.25) is 0 Å². The van der Waals surface area contributed by atoms with E-state index in [1.54, 1.807) is 37.4 Å². The van der Waals surface area contributed by atoms with Crippen LogP contribution in [0.25, 0.3) is 6.08 Å². The van der Waals surface area contributed by atoms with Crippen molar-refractivity contribution in [3.05, 3.63) is 59.7 Å². The van der Waals surface area contributed by atoms with E-state index in [0.29, 0.717) is 22.7 Å². The first-order chi connectivity index (χ1) is 13.0. The summed E-state index contributed by atoms with van der Waals surface area (Å²) in [5.74, 6) is 0.397. The van der Waals surface area contributed by atoms with Crippen LogP contribution in [0.5, 0.6) is 11.5 Å². The molecule has 0 fully saturated rings. The number of imide groups is 1. The predicted octanol–water partition coefficient (Wildman–Crippen LogP) is 4.32. The van der Waals surface area contributed by atoms with Gasteiger partial charge in [0.2, 0.25) is 0 Å². The molecule has 3 rings (SSSR count). The van der Waals surface area contributed by atoms with E-state index >= 15 is 0 Å². The van der Waals surface area contributed by atoms with Gasteiger partial charge >= 0.3 is 0 Å². The van der Waals surface area contributed by atoms with Gasteiger partial charge < -0.3 is 9.47 Å². The van der Waals surface area contributed by atoms with Gasteiger partial charge in [0.25, 0.3) is 11.8 Å². The number of carbonyl (C=O) groups is 2. The zero-order valence-electron chi connectivity index (χ0n) is 15.9. The number of benzene rings is 2. The number of hydrogen-bond acceptors (Lipinski definition) is 4. The van der Waals surface area contributed by atoms with Gasteiger partial charge in [-0.25, -0.2) is 4.90 Å². The highest BCUT2D eigenvalue weighted by atomic mass is 16.5. The molecule has 1 unspecified atom stereocenters. The van der Waals surface area contributed by atoms with Crippen LogP contribution in [-0.4, -0.2) is 25.0 Å². The molecule has 0 saturated heterocycles. The van der Waals surface area contributed by atoms with Crippen molar-refractivity contribution in [3.63, 3.8) is 0 Å². The molecule has 1 heterocycles. The number of methoxy groups -OCH3 is 1. The monoisotopic (exact) mass is 365 g/mol. The zero-order valence-corrected chi connectivity index (χ0v) is 15.9. The van der Waals surface area contributed by atoms with Gasteiger partial charge in [-0.05, 0) is 43.2 Å². The van der Waals surface area contributed by atoms with Crippen LogP contribution in [0.4, 0.5) is 5.69 Å².